The van der Waals surface area contributed by atoms with E-state index in [0.717, 1.165) is 22.2 Å². The maximum absolute atomic E-state index is 14.2. The Bertz CT molecular complexity index is 1130. The first-order valence-corrected chi connectivity index (χ1v) is 10.9. The molecule has 1 aromatic heterocycles. The highest BCUT2D eigenvalue weighted by Gasteiger charge is 2.33. The molecule has 0 aliphatic rings. The molecule has 3 rings (SSSR count). The summed E-state index contributed by atoms with van der Waals surface area (Å²) in [6, 6.07) is 13.4. The van der Waals surface area contributed by atoms with Gasteiger partial charge in [-0.05, 0) is 19.1 Å². The van der Waals surface area contributed by atoms with Gasteiger partial charge in [-0.15, -0.1) is 0 Å². The number of halogens is 1. The van der Waals surface area contributed by atoms with Crippen LogP contribution < -0.4 is 4.31 Å². The Hall–Kier alpha value is -3.27. The summed E-state index contributed by atoms with van der Waals surface area (Å²) in [7, 11) is -2.45. The number of sulfonamides is 1. The number of aromatic nitrogens is 2. The lowest BCUT2D eigenvalue weighted by Crippen LogP contribution is -2.48. The number of rotatable bonds is 7. The van der Waals surface area contributed by atoms with E-state index in [2.05, 4.69) is 10.1 Å². The number of nitrogens with zero attached hydrogens (tertiary/aromatic N) is 4. The van der Waals surface area contributed by atoms with Crippen LogP contribution in [0.2, 0.25) is 0 Å². The molecule has 1 atom stereocenters. The fourth-order valence-corrected chi connectivity index (χ4v) is 4.20. The minimum Gasteiger partial charge on any atom is -0.337 e. The van der Waals surface area contributed by atoms with Crippen LogP contribution in [0.25, 0.3) is 11.4 Å². The van der Waals surface area contributed by atoms with Crippen molar-refractivity contribution in [2.75, 3.05) is 17.6 Å². The molecule has 0 saturated heterocycles. The van der Waals surface area contributed by atoms with Crippen molar-refractivity contribution in [2.45, 2.75) is 19.5 Å². The summed E-state index contributed by atoms with van der Waals surface area (Å²) in [5, 5.41) is 3.90. The van der Waals surface area contributed by atoms with Crippen LogP contribution in [0, 0.1) is 5.82 Å². The van der Waals surface area contributed by atoms with Gasteiger partial charge in [0.25, 0.3) is 0 Å². The second-order valence-electron chi connectivity index (χ2n) is 6.76. The summed E-state index contributed by atoms with van der Waals surface area (Å²) in [5.74, 6) is -0.727. The monoisotopic (exact) mass is 432 g/mol. The predicted octanol–water partition coefficient (Wildman–Crippen LogP) is 2.69. The van der Waals surface area contributed by atoms with E-state index in [9.17, 15) is 17.6 Å². The fraction of sp³-hybridized carbons (Fsp3) is 0.250. The highest BCUT2D eigenvalue weighted by molar-refractivity contribution is 7.92. The lowest BCUT2D eigenvalue weighted by molar-refractivity contribution is -0.131. The normalized spacial score (nSPS) is 12.4. The average Bonchev–Trinajstić information content (AvgIpc) is 3.17. The van der Waals surface area contributed by atoms with Gasteiger partial charge in [0.15, 0.2) is 0 Å². The first kappa shape index (κ1) is 21.4. The van der Waals surface area contributed by atoms with Crippen molar-refractivity contribution in [3.8, 4) is 11.4 Å². The summed E-state index contributed by atoms with van der Waals surface area (Å²) < 4.78 is 44.9. The largest absolute Gasteiger partial charge is 0.337 e. The van der Waals surface area contributed by atoms with Crippen molar-refractivity contribution in [3.63, 3.8) is 0 Å². The van der Waals surface area contributed by atoms with E-state index < -0.39 is 27.8 Å². The second kappa shape index (κ2) is 8.62. The molecule has 0 radical (unpaired) electrons. The minimum atomic E-state index is -3.93. The Morgan fingerprint density at radius 2 is 1.77 bits per heavy atom. The second-order valence-corrected chi connectivity index (χ2v) is 8.62. The number of carbonyl (C=O) groups is 1. The predicted molar refractivity (Wildman–Crippen MR) is 109 cm³/mol. The van der Waals surface area contributed by atoms with E-state index in [-0.39, 0.29) is 18.1 Å². The molecule has 8 nitrogen and oxygen atoms in total. The van der Waals surface area contributed by atoms with Crippen molar-refractivity contribution < 1.29 is 22.1 Å². The molecule has 158 valence electrons. The summed E-state index contributed by atoms with van der Waals surface area (Å²) in [5.41, 5.74) is 0.566. The number of para-hydroxylation sites is 1. The van der Waals surface area contributed by atoms with Crippen LogP contribution in [0.1, 0.15) is 12.8 Å². The molecule has 2 aromatic carbocycles. The van der Waals surface area contributed by atoms with Crippen LogP contribution >= 0.6 is 0 Å². The molecule has 1 unspecified atom stereocenters. The highest BCUT2D eigenvalue weighted by atomic mass is 32.2. The topological polar surface area (TPSA) is 96.6 Å². The smallest absolute Gasteiger partial charge is 0.246 e. The molecule has 1 heterocycles. The van der Waals surface area contributed by atoms with Crippen LogP contribution in [0.4, 0.5) is 10.1 Å². The van der Waals surface area contributed by atoms with E-state index in [1.54, 1.807) is 0 Å². The Labute approximate surface area is 174 Å². The van der Waals surface area contributed by atoms with Crippen molar-refractivity contribution in [1.82, 2.24) is 15.0 Å². The summed E-state index contributed by atoms with van der Waals surface area (Å²) in [4.78, 5) is 18.4. The van der Waals surface area contributed by atoms with Gasteiger partial charge in [0.1, 0.15) is 11.9 Å². The van der Waals surface area contributed by atoms with Gasteiger partial charge in [0.05, 0.1) is 18.5 Å². The highest BCUT2D eigenvalue weighted by Crippen LogP contribution is 2.25. The molecular formula is C20H21FN4O4S. The van der Waals surface area contributed by atoms with Crippen LogP contribution in [-0.2, 0) is 21.4 Å². The Morgan fingerprint density at radius 3 is 2.40 bits per heavy atom. The zero-order valence-electron chi connectivity index (χ0n) is 16.7. The molecule has 0 aliphatic heterocycles. The molecule has 0 N–H and O–H groups in total. The van der Waals surface area contributed by atoms with E-state index in [1.807, 2.05) is 30.3 Å². The number of benzene rings is 2. The maximum Gasteiger partial charge on any atom is 0.246 e. The average molecular weight is 432 g/mol. The molecule has 10 heteroatoms. The third kappa shape index (κ3) is 4.65. The molecule has 0 saturated carbocycles. The lowest BCUT2D eigenvalue weighted by Gasteiger charge is -2.30. The van der Waals surface area contributed by atoms with E-state index in [0.29, 0.717) is 5.82 Å². The zero-order valence-corrected chi connectivity index (χ0v) is 17.5. The lowest BCUT2D eigenvalue weighted by atomic mass is 10.2. The van der Waals surface area contributed by atoms with Crippen LogP contribution in [-0.4, -0.2) is 48.7 Å². The number of amides is 1. The van der Waals surface area contributed by atoms with Gasteiger partial charge in [-0.2, -0.15) is 4.98 Å². The number of anilines is 1. The molecule has 3 aromatic rings. The van der Waals surface area contributed by atoms with Gasteiger partial charge < -0.3 is 9.42 Å². The minimum absolute atomic E-state index is 0.0299. The number of carbonyl (C=O) groups excluding carboxylic acids is 1. The summed E-state index contributed by atoms with van der Waals surface area (Å²) >= 11 is 0. The van der Waals surface area contributed by atoms with E-state index >= 15 is 0 Å². The molecule has 0 aliphatic carbocycles. The van der Waals surface area contributed by atoms with Gasteiger partial charge in [-0.3, -0.25) is 9.10 Å². The van der Waals surface area contributed by atoms with E-state index in [1.165, 1.54) is 37.1 Å². The Morgan fingerprint density at radius 1 is 1.13 bits per heavy atom. The standard InChI is InChI=1S/C20H21FN4O4S/c1-14(25(30(3,27)28)17-12-8-7-11-16(17)21)20(26)24(2)13-18-22-19(23-29-18)15-9-5-4-6-10-15/h4-12,14H,13H2,1-3H3. The van der Waals surface area contributed by atoms with Gasteiger partial charge in [-0.1, -0.05) is 47.6 Å². The third-order valence-electron chi connectivity index (χ3n) is 4.41. The number of hydrogen-bond donors (Lipinski definition) is 0. The van der Waals surface area contributed by atoms with Crippen LogP contribution in [0.5, 0.6) is 0 Å². The van der Waals surface area contributed by atoms with Crippen molar-refractivity contribution in [2.24, 2.45) is 0 Å². The third-order valence-corrected chi connectivity index (χ3v) is 5.63. The molecular weight excluding hydrogens is 411 g/mol. The first-order chi connectivity index (χ1) is 14.2. The molecule has 0 fully saturated rings. The molecule has 0 bridgehead atoms. The number of hydrogen-bond acceptors (Lipinski definition) is 6. The van der Waals surface area contributed by atoms with Gasteiger partial charge >= 0.3 is 0 Å². The van der Waals surface area contributed by atoms with Gasteiger partial charge in [0, 0.05) is 12.6 Å². The SMILES string of the molecule is CC(C(=O)N(C)Cc1nc(-c2ccccc2)no1)N(c1ccccc1F)S(C)(=O)=O. The van der Waals surface area contributed by atoms with Gasteiger partial charge in [-0.25, -0.2) is 12.8 Å². The van der Waals surface area contributed by atoms with Gasteiger partial charge in [0.2, 0.25) is 27.6 Å². The molecule has 1 amide bonds. The summed E-state index contributed by atoms with van der Waals surface area (Å²) in [6.07, 6.45) is 0.924. The van der Waals surface area contributed by atoms with Crippen LogP contribution in [0.3, 0.4) is 0 Å². The molecule has 0 spiro atoms. The zero-order chi connectivity index (χ0) is 21.9. The summed E-state index contributed by atoms with van der Waals surface area (Å²) in [6.45, 7) is 1.37. The fourth-order valence-electron chi connectivity index (χ4n) is 3.03. The van der Waals surface area contributed by atoms with Crippen molar-refractivity contribution in [1.29, 1.82) is 0 Å². The van der Waals surface area contributed by atoms with E-state index in [4.69, 9.17) is 4.52 Å². The Kier molecular flexibility index (Phi) is 6.16. The maximum atomic E-state index is 14.2. The molecule has 30 heavy (non-hydrogen) atoms. The Balaban J connectivity index is 1.79. The first-order valence-electron chi connectivity index (χ1n) is 9.05. The van der Waals surface area contributed by atoms with Crippen LogP contribution in [0.15, 0.2) is 59.1 Å². The quantitative estimate of drug-likeness (QED) is 0.570. The van der Waals surface area contributed by atoms with Crippen molar-refractivity contribution in [3.05, 3.63) is 66.3 Å². The number of likely N-dealkylation sites (N-methyl/N-ethyl adjacent to an activating group) is 1. The van der Waals surface area contributed by atoms with Crippen molar-refractivity contribution >= 4 is 21.6 Å².